The summed E-state index contributed by atoms with van der Waals surface area (Å²) in [5.74, 6) is 0.894. The Morgan fingerprint density at radius 3 is 2.86 bits per heavy atom. The zero-order chi connectivity index (χ0) is 15.0. The number of hydrogen-bond donors (Lipinski definition) is 1. The van der Waals surface area contributed by atoms with Gasteiger partial charge < -0.3 is 5.73 Å². The number of rotatable bonds is 3. The molecule has 0 radical (unpaired) electrons. The second kappa shape index (κ2) is 5.21. The van der Waals surface area contributed by atoms with Crippen LogP contribution in [0.3, 0.4) is 0 Å². The zero-order valence-corrected chi connectivity index (χ0v) is 12.5. The van der Waals surface area contributed by atoms with Crippen LogP contribution in [-0.4, -0.2) is 24.1 Å². The first kappa shape index (κ1) is 13.6. The summed E-state index contributed by atoms with van der Waals surface area (Å²) in [4.78, 5) is 16.6. The van der Waals surface area contributed by atoms with Crippen molar-refractivity contribution in [2.24, 2.45) is 7.05 Å². The van der Waals surface area contributed by atoms with Gasteiger partial charge in [-0.05, 0) is 18.6 Å². The highest BCUT2D eigenvalue weighted by molar-refractivity contribution is 7.98. The van der Waals surface area contributed by atoms with E-state index in [4.69, 9.17) is 5.73 Å². The normalized spacial score (nSPS) is 11.1. The summed E-state index contributed by atoms with van der Waals surface area (Å²) >= 11 is 1.44. The number of nitrogens with two attached hydrogens (primary N) is 1. The van der Waals surface area contributed by atoms with Gasteiger partial charge >= 0.3 is 0 Å². The highest BCUT2D eigenvalue weighted by atomic mass is 32.2. The van der Waals surface area contributed by atoms with Gasteiger partial charge in [0.25, 0.3) is 5.56 Å². The summed E-state index contributed by atoms with van der Waals surface area (Å²) < 4.78 is 3.24. The van der Waals surface area contributed by atoms with E-state index in [2.05, 4.69) is 15.2 Å². The molecular formula is C13H14N6OS. The van der Waals surface area contributed by atoms with Gasteiger partial charge in [-0.2, -0.15) is 0 Å². The van der Waals surface area contributed by atoms with Crippen LogP contribution in [0.4, 0.5) is 5.95 Å². The molecule has 3 rings (SSSR count). The molecule has 0 atom stereocenters. The summed E-state index contributed by atoms with van der Waals surface area (Å²) in [6.45, 7) is 1.94. The molecule has 8 heteroatoms. The van der Waals surface area contributed by atoms with Gasteiger partial charge in [-0.25, -0.2) is 4.98 Å². The number of nitrogen functional groups attached to an aromatic ring is 1. The summed E-state index contributed by atoms with van der Waals surface area (Å²) in [5.41, 5.74) is 7.90. The van der Waals surface area contributed by atoms with Gasteiger partial charge in [0, 0.05) is 25.1 Å². The zero-order valence-electron chi connectivity index (χ0n) is 11.6. The molecule has 3 heterocycles. The van der Waals surface area contributed by atoms with Gasteiger partial charge in [-0.1, -0.05) is 17.8 Å². The number of fused-ring (bicyclic) bond motifs is 1. The maximum Gasteiger partial charge on any atom is 0.258 e. The van der Waals surface area contributed by atoms with E-state index < -0.39 is 0 Å². The highest BCUT2D eigenvalue weighted by Crippen LogP contribution is 2.20. The van der Waals surface area contributed by atoms with Crippen molar-refractivity contribution >= 4 is 23.4 Å². The molecular weight excluding hydrogens is 288 g/mol. The van der Waals surface area contributed by atoms with Gasteiger partial charge in [0.2, 0.25) is 5.95 Å². The number of hydrogen-bond acceptors (Lipinski definition) is 6. The summed E-state index contributed by atoms with van der Waals surface area (Å²) in [6, 6.07) is 5.31. The van der Waals surface area contributed by atoms with Gasteiger partial charge in [-0.15, -0.1) is 10.2 Å². The standard InChI is InChI=1S/C13H14N6OS/c1-8-3-4-10-15-9(5-11(20)19(10)6-8)7-21-13-17-16-12(14)18(13)2/h3-6H,7H2,1-2H3,(H2,14,16). The van der Waals surface area contributed by atoms with Crippen molar-refractivity contribution in [2.45, 2.75) is 17.8 Å². The fourth-order valence-electron chi connectivity index (χ4n) is 1.92. The third-order valence-corrected chi connectivity index (χ3v) is 4.13. The predicted molar refractivity (Wildman–Crippen MR) is 81.2 cm³/mol. The molecule has 2 N–H and O–H groups in total. The maximum atomic E-state index is 12.1. The van der Waals surface area contributed by atoms with Crippen LogP contribution >= 0.6 is 11.8 Å². The molecule has 0 spiro atoms. The number of pyridine rings is 1. The Labute approximate surface area is 124 Å². The van der Waals surface area contributed by atoms with E-state index in [-0.39, 0.29) is 5.56 Å². The molecule has 0 aromatic carbocycles. The Bertz CT molecular complexity index is 869. The molecule has 0 aliphatic rings. The van der Waals surface area contributed by atoms with E-state index in [1.165, 1.54) is 11.8 Å². The van der Waals surface area contributed by atoms with Crippen molar-refractivity contribution in [2.75, 3.05) is 5.73 Å². The van der Waals surface area contributed by atoms with Crippen LogP contribution in [0.25, 0.3) is 5.65 Å². The Morgan fingerprint density at radius 2 is 2.14 bits per heavy atom. The SMILES string of the molecule is Cc1ccc2nc(CSc3nnc(N)n3C)cc(=O)n2c1. The topological polar surface area (TPSA) is 91.1 Å². The minimum Gasteiger partial charge on any atom is -0.368 e. The van der Waals surface area contributed by atoms with Crippen molar-refractivity contribution < 1.29 is 0 Å². The minimum absolute atomic E-state index is 0.0863. The van der Waals surface area contributed by atoms with E-state index >= 15 is 0 Å². The largest absolute Gasteiger partial charge is 0.368 e. The molecule has 0 fully saturated rings. The van der Waals surface area contributed by atoms with E-state index in [1.807, 2.05) is 19.1 Å². The number of thioether (sulfide) groups is 1. The van der Waals surface area contributed by atoms with Crippen LogP contribution in [0, 0.1) is 6.92 Å². The lowest BCUT2D eigenvalue weighted by Gasteiger charge is -2.05. The molecule has 7 nitrogen and oxygen atoms in total. The summed E-state index contributed by atoms with van der Waals surface area (Å²) in [6.07, 6.45) is 1.78. The fraction of sp³-hybridized carbons (Fsp3) is 0.231. The Hall–Kier alpha value is -2.35. The minimum atomic E-state index is -0.0863. The average Bonchev–Trinajstić information content (AvgIpc) is 2.77. The van der Waals surface area contributed by atoms with E-state index in [0.717, 1.165) is 5.56 Å². The van der Waals surface area contributed by atoms with E-state index in [9.17, 15) is 4.79 Å². The second-order valence-corrected chi connectivity index (χ2v) is 5.65. The molecule has 0 aliphatic carbocycles. The Balaban J connectivity index is 1.89. The second-order valence-electron chi connectivity index (χ2n) is 4.71. The van der Waals surface area contributed by atoms with Gasteiger partial charge in [0.15, 0.2) is 5.16 Å². The molecule has 0 saturated carbocycles. The van der Waals surface area contributed by atoms with Crippen molar-refractivity contribution in [1.29, 1.82) is 0 Å². The Kier molecular flexibility index (Phi) is 3.38. The lowest BCUT2D eigenvalue weighted by atomic mass is 10.3. The Morgan fingerprint density at radius 1 is 1.33 bits per heavy atom. The van der Waals surface area contributed by atoms with E-state index in [0.29, 0.717) is 28.2 Å². The first-order valence-corrected chi connectivity index (χ1v) is 7.30. The molecule has 0 bridgehead atoms. The first-order valence-electron chi connectivity index (χ1n) is 6.31. The van der Waals surface area contributed by atoms with Gasteiger partial charge in [0.05, 0.1) is 5.69 Å². The van der Waals surface area contributed by atoms with Crippen LogP contribution in [0.2, 0.25) is 0 Å². The quantitative estimate of drug-likeness (QED) is 0.726. The van der Waals surface area contributed by atoms with Crippen molar-refractivity contribution in [1.82, 2.24) is 24.1 Å². The van der Waals surface area contributed by atoms with Crippen LogP contribution < -0.4 is 11.3 Å². The van der Waals surface area contributed by atoms with Crippen LogP contribution in [0.15, 0.2) is 34.3 Å². The van der Waals surface area contributed by atoms with Crippen LogP contribution in [0.1, 0.15) is 11.3 Å². The van der Waals surface area contributed by atoms with E-state index in [1.54, 1.807) is 28.3 Å². The molecule has 0 unspecified atom stereocenters. The smallest absolute Gasteiger partial charge is 0.258 e. The van der Waals surface area contributed by atoms with Gasteiger partial charge in [-0.3, -0.25) is 13.8 Å². The fourth-order valence-corrected chi connectivity index (χ4v) is 2.73. The molecule has 0 amide bonds. The lowest BCUT2D eigenvalue weighted by Crippen LogP contribution is -2.15. The predicted octanol–water partition coefficient (Wildman–Crippen LogP) is 1.01. The molecule has 3 aromatic rings. The van der Waals surface area contributed by atoms with Crippen molar-refractivity contribution in [3.05, 3.63) is 46.0 Å². The number of nitrogens with zero attached hydrogens (tertiary/aromatic N) is 5. The lowest BCUT2D eigenvalue weighted by molar-refractivity contribution is 0.795. The molecule has 0 aliphatic heterocycles. The third kappa shape index (κ3) is 2.62. The van der Waals surface area contributed by atoms with Crippen molar-refractivity contribution in [3.63, 3.8) is 0 Å². The third-order valence-electron chi connectivity index (χ3n) is 3.08. The van der Waals surface area contributed by atoms with Crippen molar-refractivity contribution in [3.8, 4) is 0 Å². The van der Waals surface area contributed by atoms with Crippen LogP contribution in [-0.2, 0) is 12.8 Å². The highest BCUT2D eigenvalue weighted by Gasteiger charge is 2.08. The summed E-state index contributed by atoms with van der Waals surface area (Å²) in [7, 11) is 1.79. The first-order chi connectivity index (χ1) is 10.0. The summed E-state index contributed by atoms with van der Waals surface area (Å²) in [5, 5.41) is 8.45. The van der Waals surface area contributed by atoms with Gasteiger partial charge in [0.1, 0.15) is 5.65 Å². The number of aromatic nitrogens is 5. The maximum absolute atomic E-state index is 12.1. The van der Waals surface area contributed by atoms with Crippen LogP contribution in [0.5, 0.6) is 0 Å². The molecule has 108 valence electrons. The molecule has 21 heavy (non-hydrogen) atoms. The number of anilines is 1. The number of aryl methyl sites for hydroxylation is 1. The molecule has 3 aromatic heterocycles. The average molecular weight is 302 g/mol. The molecule has 0 saturated heterocycles. The monoisotopic (exact) mass is 302 g/mol.